The Labute approximate surface area is 114 Å². The largest absolute Gasteiger partial charge is 0.478 e. The number of nitrogens with zero attached hydrogens (tertiary/aromatic N) is 1. The van der Waals surface area contributed by atoms with Gasteiger partial charge in [-0.3, -0.25) is 4.90 Å². The summed E-state index contributed by atoms with van der Waals surface area (Å²) in [4.78, 5) is 13.4. The average Bonchev–Trinajstić information content (AvgIpc) is 2.46. The van der Waals surface area contributed by atoms with Crippen LogP contribution in [-0.4, -0.2) is 41.8 Å². The van der Waals surface area contributed by atoms with Gasteiger partial charge in [0.15, 0.2) is 0 Å². The molecule has 0 spiro atoms. The SMILES string of the molecule is CCN(Cc1cccc(C(=O)O)c1)C1CCOCC1. The maximum Gasteiger partial charge on any atom is 0.335 e. The molecule has 0 unspecified atom stereocenters. The van der Waals surface area contributed by atoms with Crippen LogP contribution in [0.25, 0.3) is 0 Å². The van der Waals surface area contributed by atoms with Crippen molar-refractivity contribution in [1.82, 2.24) is 4.90 Å². The third kappa shape index (κ3) is 3.78. The maximum atomic E-state index is 11.0. The van der Waals surface area contributed by atoms with Crippen LogP contribution < -0.4 is 0 Å². The fourth-order valence-electron chi connectivity index (χ4n) is 2.59. The van der Waals surface area contributed by atoms with Crippen molar-refractivity contribution < 1.29 is 14.6 Å². The van der Waals surface area contributed by atoms with Crippen LogP contribution in [0, 0.1) is 0 Å². The van der Waals surface area contributed by atoms with Gasteiger partial charge in [0.2, 0.25) is 0 Å². The van der Waals surface area contributed by atoms with E-state index >= 15 is 0 Å². The number of carboxylic acids is 1. The molecule has 1 fully saturated rings. The van der Waals surface area contributed by atoms with Gasteiger partial charge in [0.25, 0.3) is 0 Å². The highest BCUT2D eigenvalue weighted by atomic mass is 16.5. The first-order chi connectivity index (χ1) is 9.20. The van der Waals surface area contributed by atoms with E-state index in [4.69, 9.17) is 9.84 Å². The van der Waals surface area contributed by atoms with Crippen LogP contribution in [0.15, 0.2) is 24.3 Å². The van der Waals surface area contributed by atoms with E-state index in [1.165, 1.54) is 0 Å². The first-order valence-electron chi connectivity index (χ1n) is 6.84. The smallest absolute Gasteiger partial charge is 0.335 e. The molecule has 0 amide bonds. The molecular weight excluding hydrogens is 242 g/mol. The second kappa shape index (κ2) is 6.68. The number of hydrogen-bond donors (Lipinski definition) is 1. The quantitative estimate of drug-likeness (QED) is 0.886. The van der Waals surface area contributed by atoms with Gasteiger partial charge in [-0.05, 0) is 37.1 Å². The minimum Gasteiger partial charge on any atom is -0.478 e. The molecule has 1 aromatic carbocycles. The first-order valence-corrected chi connectivity index (χ1v) is 6.84. The Morgan fingerprint density at radius 1 is 1.42 bits per heavy atom. The number of benzene rings is 1. The molecular formula is C15H21NO3. The van der Waals surface area contributed by atoms with E-state index in [0.29, 0.717) is 11.6 Å². The maximum absolute atomic E-state index is 11.0. The minimum absolute atomic E-state index is 0.362. The average molecular weight is 263 g/mol. The fourth-order valence-corrected chi connectivity index (χ4v) is 2.59. The van der Waals surface area contributed by atoms with Crippen molar-refractivity contribution in [2.45, 2.75) is 32.4 Å². The Balaban J connectivity index is 2.04. The molecule has 0 aliphatic carbocycles. The van der Waals surface area contributed by atoms with Crippen molar-refractivity contribution in [2.75, 3.05) is 19.8 Å². The third-order valence-electron chi connectivity index (χ3n) is 3.67. The number of ether oxygens (including phenoxy) is 1. The van der Waals surface area contributed by atoms with Crippen LogP contribution in [0.3, 0.4) is 0 Å². The number of carbonyl (C=O) groups is 1. The topological polar surface area (TPSA) is 49.8 Å². The Morgan fingerprint density at radius 2 is 2.16 bits per heavy atom. The zero-order chi connectivity index (χ0) is 13.7. The molecule has 2 rings (SSSR count). The Hall–Kier alpha value is -1.39. The van der Waals surface area contributed by atoms with Crippen molar-refractivity contribution in [1.29, 1.82) is 0 Å². The van der Waals surface area contributed by atoms with E-state index in [1.54, 1.807) is 12.1 Å². The van der Waals surface area contributed by atoms with Crippen molar-refractivity contribution in [2.24, 2.45) is 0 Å². The summed E-state index contributed by atoms with van der Waals surface area (Å²) >= 11 is 0. The molecule has 104 valence electrons. The normalized spacial score (nSPS) is 16.7. The first kappa shape index (κ1) is 14.0. The Bertz CT molecular complexity index is 427. The molecule has 0 saturated carbocycles. The van der Waals surface area contributed by atoms with Crippen molar-refractivity contribution in [3.05, 3.63) is 35.4 Å². The molecule has 1 aliphatic heterocycles. The van der Waals surface area contributed by atoms with Crippen LogP contribution in [0.4, 0.5) is 0 Å². The van der Waals surface area contributed by atoms with Crippen LogP contribution >= 0.6 is 0 Å². The molecule has 1 aromatic rings. The molecule has 19 heavy (non-hydrogen) atoms. The fraction of sp³-hybridized carbons (Fsp3) is 0.533. The van der Waals surface area contributed by atoms with Gasteiger partial charge in [-0.15, -0.1) is 0 Å². The van der Waals surface area contributed by atoms with Crippen molar-refractivity contribution >= 4 is 5.97 Å². The molecule has 4 heteroatoms. The van der Waals surface area contributed by atoms with Crippen LogP contribution in [0.1, 0.15) is 35.7 Å². The van der Waals surface area contributed by atoms with Gasteiger partial charge < -0.3 is 9.84 Å². The van der Waals surface area contributed by atoms with Gasteiger partial charge in [-0.1, -0.05) is 19.1 Å². The molecule has 1 heterocycles. The summed E-state index contributed by atoms with van der Waals surface area (Å²) in [6, 6.07) is 7.76. The summed E-state index contributed by atoms with van der Waals surface area (Å²) in [5.74, 6) is -0.865. The molecule has 1 N–H and O–H groups in total. The number of hydrogen-bond acceptors (Lipinski definition) is 3. The highest BCUT2D eigenvalue weighted by Crippen LogP contribution is 2.17. The second-order valence-electron chi connectivity index (χ2n) is 4.91. The van der Waals surface area contributed by atoms with Crippen molar-refractivity contribution in [3.63, 3.8) is 0 Å². The monoisotopic (exact) mass is 263 g/mol. The predicted molar refractivity (Wildman–Crippen MR) is 73.3 cm³/mol. The molecule has 4 nitrogen and oxygen atoms in total. The predicted octanol–water partition coefficient (Wildman–Crippen LogP) is 2.39. The number of carboxylic acid groups (broad SMARTS) is 1. The number of rotatable bonds is 5. The minimum atomic E-state index is -0.865. The van der Waals surface area contributed by atoms with Gasteiger partial charge in [0.1, 0.15) is 0 Å². The highest BCUT2D eigenvalue weighted by Gasteiger charge is 2.20. The Morgan fingerprint density at radius 3 is 2.79 bits per heavy atom. The van der Waals surface area contributed by atoms with Crippen LogP contribution in [0.5, 0.6) is 0 Å². The summed E-state index contributed by atoms with van der Waals surface area (Å²) in [5.41, 5.74) is 1.42. The highest BCUT2D eigenvalue weighted by molar-refractivity contribution is 5.87. The lowest BCUT2D eigenvalue weighted by Crippen LogP contribution is -2.38. The summed E-state index contributed by atoms with van der Waals surface area (Å²) in [7, 11) is 0. The standard InChI is InChI=1S/C15H21NO3/c1-2-16(14-6-8-19-9-7-14)11-12-4-3-5-13(10-12)15(17)18/h3-5,10,14H,2,6-9,11H2,1H3,(H,17,18). The summed E-state index contributed by atoms with van der Waals surface area (Å²) in [6.45, 7) is 5.59. The second-order valence-corrected chi connectivity index (χ2v) is 4.91. The summed E-state index contributed by atoms with van der Waals surface area (Å²) in [6.07, 6.45) is 2.12. The molecule has 0 radical (unpaired) electrons. The molecule has 1 aliphatic rings. The zero-order valence-electron chi connectivity index (χ0n) is 11.3. The number of aromatic carboxylic acids is 1. The molecule has 0 bridgehead atoms. The van der Waals surface area contributed by atoms with E-state index in [0.717, 1.165) is 44.7 Å². The van der Waals surface area contributed by atoms with E-state index < -0.39 is 5.97 Å². The van der Waals surface area contributed by atoms with E-state index in [-0.39, 0.29) is 0 Å². The van der Waals surface area contributed by atoms with E-state index in [2.05, 4.69) is 11.8 Å². The van der Waals surface area contributed by atoms with Crippen molar-refractivity contribution in [3.8, 4) is 0 Å². The lowest BCUT2D eigenvalue weighted by molar-refractivity contribution is 0.0330. The molecule has 1 saturated heterocycles. The van der Waals surface area contributed by atoms with Gasteiger partial charge in [0.05, 0.1) is 5.56 Å². The van der Waals surface area contributed by atoms with Gasteiger partial charge in [-0.2, -0.15) is 0 Å². The lowest BCUT2D eigenvalue weighted by Gasteiger charge is -2.33. The van der Waals surface area contributed by atoms with Crippen LogP contribution in [-0.2, 0) is 11.3 Å². The van der Waals surface area contributed by atoms with Crippen LogP contribution in [0.2, 0.25) is 0 Å². The summed E-state index contributed by atoms with van der Waals surface area (Å²) in [5, 5.41) is 9.02. The van der Waals surface area contributed by atoms with Gasteiger partial charge in [-0.25, -0.2) is 4.79 Å². The molecule has 0 aromatic heterocycles. The summed E-state index contributed by atoms with van der Waals surface area (Å²) < 4.78 is 5.39. The van der Waals surface area contributed by atoms with E-state index in [9.17, 15) is 4.79 Å². The third-order valence-corrected chi connectivity index (χ3v) is 3.67. The Kier molecular flexibility index (Phi) is 4.93. The van der Waals surface area contributed by atoms with E-state index in [1.807, 2.05) is 12.1 Å². The molecule has 0 atom stereocenters. The lowest BCUT2D eigenvalue weighted by atomic mass is 10.0. The van der Waals surface area contributed by atoms with Gasteiger partial charge >= 0.3 is 5.97 Å². The zero-order valence-corrected chi connectivity index (χ0v) is 11.3. The van der Waals surface area contributed by atoms with Gasteiger partial charge in [0, 0.05) is 25.8 Å².